The summed E-state index contributed by atoms with van der Waals surface area (Å²) in [6.45, 7) is 0. The Morgan fingerprint density at radius 1 is 0.880 bits per heavy atom. The summed E-state index contributed by atoms with van der Waals surface area (Å²) in [5.74, 6) is 0.132. The van der Waals surface area contributed by atoms with E-state index in [1.165, 1.54) is 7.11 Å². The molecule has 5 nitrogen and oxygen atoms in total. The molecule has 1 amide bonds. The van der Waals surface area contributed by atoms with Crippen molar-refractivity contribution in [3.63, 3.8) is 0 Å². The second-order valence-corrected chi connectivity index (χ2v) is 5.78. The maximum Gasteiger partial charge on any atom is 0.253 e. The first kappa shape index (κ1) is 15.2. The molecule has 0 bridgehead atoms. The molecule has 124 valence electrons. The number of primary amides is 1. The lowest BCUT2D eigenvalue weighted by Crippen LogP contribution is -2.14. The molecule has 0 aliphatic heterocycles. The first-order valence-electron chi connectivity index (χ1n) is 7.74. The summed E-state index contributed by atoms with van der Waals surface area (Å²) in [5.41, 5.74) is 8.14. The third-order valence-electron chi connectivity index (χ3n) is 4.59. The van der Waals surface area contributed by atoms with Crippen LogP contribution in [0.5, 0.6) is 11.5 Å². The van der Waals surface area contributed by atoms with Crippen LogP contribution >= 0.6 is 0 Å². The van der Waals surface area contributed by atoms with Gasteiger partial charge in [0.05, 0.1) is 19.8 Å². The Morgan fingerprint density at radius 2 is 1.60 bits per heavy atom. The summed E-state index contributed by atoms with van der Waals surface area (Å²) in [6.07, 6.45) is 0. The molecule has 2 N–H and O–H groups in total. The molecule has 3 aromatic carbocycles. The van der Waals surface area contributed by atoms with Gasteiger partial charge in [0.1, 0.15) is 11.5 Å². The van der Waals surface area contributed by atoms with Crippen molar-refractivity contribution in [2.24, 2.45) is 5.73 Å². The van der Waals surface area contributed by atoms with Gasteiger partial charge in [0.15, 0.2) is 5.78 Å². The molecule has 0 fully saturated rings. The second-order valence-electron chi connectivity index (χ2n) is 5.78. The molecule has 3 aromatic rings. The Labute approximate surface area is 144 Å². The first-order valence-corrected chi connectivity index (χ1v) is 7.74. The van der Waals surface area contributed by atoms with Crippen molar-refractivity contribution in [1.82, 2.24) is 0 Å². The average molecular weight is 333 g/mol. The van der Waals surface area contributed by atoms with Crippen LogP contribution in [-0.2, 0) is 0 Å². The standard InChI is InChI=1S/C20H15NO4/c1-24-13-9-5-8-12-14(13)17-15(18(12)22)10-6-3-4-7-11(10)16(20(21)23)19(17)25-2/h3-9H,1-2H3,(H2,21,23). The van der Waals surface area contributed by atoms with Crippen molar-refractivity contribution in [3.05, 3.63) is 59.2 Å². The lowest BCUT2D eigenvalue weighted by Gasteiger charge is -2.16. The molecule has 0 radical (unpaired) electrons. The van der Waals surface area contributed by atoms with Crippen molar-refractivity contribution >= 4 is 22.5 Å². The SMILES string of the molecule is COc1cccc2c1-c1c(OC)c(C(N)=O)c3ccccc3c1C2=O. The number of nitrogens with two attached hydrogens (primary N) is 1. The highest BCUT2D eigenvalue weighted by molar-refractivity contribution is 6.31. The van der Waals surface area contributed by atoms with Crippen LogP contribution in [-0.4, -0.2) is 25.9 Å². The zero-order valence-electron chi connectivity index (χ0n) is 13.8. The van der Waals surface area contributed by atoms with Crippen LogP contribution in [0.2, 0.25) is 0 Å². The normalized spacial score (nSPS) is 12.0. The van der Waals surface area contributed by atoms with Gasteiger partial charge < -0.3 is 15.2 Å². The Hall–Kier alpha value is -3.34. The molecule has 25 heavy (non-hydrogen) atoms. The maximum absolute atomic E-state index is 13.1. The van der Waals surface area contributed by atoms with Crippen LogP contribution in [0.4, 0.5) is 0 Å². The van der Waals surface area contributed by atoms with E-state index in [9.17, 15) is 9.59 Å². The monoisotopic (exact) mass is 333 g/mol. The fourth-order valence-corrected chi connectivity index (χ4v) is 3.62. The smallest absolute Gasteiger partial charge is 0.253 e. The predicted octanol–water partition coefficient (Wildman–Crippen LogP) is 3.17. The van der Waals surface area contributed by atoms with E-state index in [0.29, 0.717) is 44.5 Å². The minimum atomic E-state index is -0.605. The summed E-state index contributed by atoms with van der Waals surface area (Å²) in [7, 11) is 3.01. The van der Waals surface area contributed by atoms with E-state index in [1.54, 1.807) is 37.4 Å². The highest BCUT2D eigenvalue weighted by atomic mass is 16.5. The molecule has 4 rings (SSSR count). The van der Waals surface area contributed by atoms with Gasteiger partial charge in [0.25, 0.3) is 5.91 Å². The maximum atomic E-state index is 13.1. The van der Waals surface area contributed by atoms with Gasteiger partial charge in [-0.05, 0) is 16.8 Å². The molecule has 5 heteroatoms. The van der Waals surface area contributed by atoms with Crippen LogP contribution < -0.4 is 15.2 Å². The van der Waals surface area contributed by atoms with Gasteiger partial charge in [0, 0.05) is 22.3 Å². The number of carbonyl (C=O) groups excluding carboxylic acids is 2. The van der Waals surface area contributed by atoms with Crippen LogP contribution in [0.25, 0.3) is 21.9 Å². The molecule has 0 aromatic heterocycles. The molecule has 0 unspecified atom stereocenters. The fraction of sp³-hybridized carbons (Fsp3) is 0.100. The van der Waals surface area contributed by atoms with E-state index < -0.39 is 5.91 Å². The van der Waals surface area contributed by atoms with E-state index in [2.05, 4.69) is 0 Å². The van der Waals surface area contributed by atoms with Crippen LogP contribution in [0, 0.1) is 0 Å². The molecule has 1 aliphatic rings. The van der Waals surface area contributed by atoms with Gasteiger partial charge in [-0.15, -0.1) is 0 Å². The molecule has 0 saturated heterocycles. The Kier molecular flexibility index (Phi) is 3.25. The number of methoxy groups -OCH3 is 2. The summed E-state index contributed by atoms with van der Waals surface area (Å²) >= 11 is 0. The number of rotatable bonds is 3. The minimum Gasteiger partial charge on any atom is -0.496 e. The minimum absolute atomic E-state index is 0.116. The third-order valence-corrected chi connectivity index (χ3v) is 4.59. The molecular weight excluding hydrogens is 318 g/mol. The highest BCUT2D eigenvalue weighted by Gasteiger charge is 2.36. The number of amides is 1. The van der Waals surface area contributed by atoms with Crippen molar-refractivity contribution in [2.45, 2.75) is 0 Å². The number of fused-ring (bicyclic) bond motifs is 5. The van der Waals surface area contributed by atoms with E-state index in [1.807, 2.05) is 12.1 Å². The largest absolute Gasteiger partial charge is 0.496 e. The average Bonchev–Trinajstić information content (AvgIpc) is 2.93. The molecule has 0 saturated carbocycles. The van der Waals surface area contributed by atoms with E-state index >= 15 is 0 Å². The van der Waals surface area contributed by atoms with Gasteiger partial charge in [-0.1, -0.05) is 36.4 Å². The van der Waals surface area contributed by atoms with Gasteiger partial charge >= 0.3 is 0 Å². The number of ether oxygens (including phenoxy) is 2. The molecule has 1 aliphatic carbocycles. The van der Waals surface area contributed by atoms with Crippen LogP contribution in [0.3, 0.4) is 0 Å². The number of ketones is 1. The Bertz CT molecular complexity index is 1070. The van der Waals surface area contributed by atoms with Gasteiger partial charge in [-0.2, -0.15) is 0 Å². The lowest BCUT2D eigenvalue weighted by molar-refractivity contribution is 0.0996. The Morgan fingerprint density at radius 3 is 2.24 bits per heavy atom. The molecule has 0 heterocycles. The van der Waals surface area contributed by atoms with Crippen molar-refractivity contribution < 1.29 is 19.1 Å². The van der Waals surface area contributed by atoms with Crippen molar-refractivity contribution in [2.75, 3.05) is 14.2 Å². The fourth-order valence-electron chi connectivity index (χ4n) is 3.62. The van der Waals surface area contributed by atoms with Gasteiger partial charge in [-0.3, -0.25) is 9.59 Å². The highest BCUT2D eigenvalue weighted by Crippen LogP contribution is 2.51. The predicted molar refractivity (Wildman–Crippen MR) is 94.4 cm³/mol. The van der Waals surface area contributed by atoms with E-state index in [-0.39, 0.29) is 11.3 Å². The van der Waals surface area contributed by atoms with Crippen molar-refractivity contribution in [3.8, 4) is 22.6 Å². The zero-order valence-corrected chi connectivity index (χ0v) is 13.8. The first-order chi connectivity index (χ1) is 12.1. The van der Waals surface area contributed by atoms with E-state index in [0.717, 1.165) is 0 Å². The summed E-state index contributed by atoms with van der Waals surface area (Å²) in [5, 5.41) is 1.28. The topological polar surface area (TPSA) is 78.6 Å². The number of carbonyl (C=O) groups is 2. The number of benzene rings is 3. The van der Waals surface area contributed by atoms with Gasteiger partial charge in [-0.25, -0.2) is 0 Å². The molecule has 0 atom stereocenters. The third kappa shape index (κ3) is 1.89. The van der Waals surface area contributed by atoms with Crippen LogP contribution in [0.1, 0.15) is 26.3 Å². The molecule has 0 spiro atoms. The van der Waals surface area contributed by atoms with Gasteiger partial charge in [0.2, 0.25) is 0 Å². The Balaban J connectivity index is 2.28. The molecular formula is C20H15NO4. The zero-order chi connectivity index (χ0) is 17.7. The number of hydrogen-bond donors (Lipinski definition) is 1. The summed E-state index contributed by atoms with van der Waals surface area (Å²) < 4.78 is 11.0. The van der Waals surface area contributed by atoms with Crippen molar-refractivity contribution in [1.29, 1.82) is 0 Å². The summed E-state index contributed by atoms with van der Waals surface area (Å²) in [6, 6.07) is 12.5. The lowest BCUT2D eigenvalue weighted by atomic mass is 9.92. The summed E-state index contributed by atoms with van der Waals surface area (Å²) in [4.78, 5) is 25.3. The second kappa shape index (κ2) is 5.34. The number of hydrogen-bond acceptors (Lipinski definition) is 4. The quantitative estimate of drug-likeness (QED) is 0.624. The van der Waals surface area contributed by atoms with E-state index in [4.69, 9.17) is 15.2 Å². The van der Waals surface area contributed by atoms with Crippen LogP contribution in [0.15, 0.2) is 42.5 Å².